The summed E-state index contributed by atoms with van der Waals surface area (Å²) in [7, 11) is 0. The monoisotopic (exact) mass is 612 g/mol. The molecule has 3 fully saturated rings. The number of nitrogens with one attached hydrogen (secondary N) is 1. The molecule has 3 saturated heterocycles. The minimum absolute atomic E-state index is 0.0246. The van der Waals surface area contributed by atoms with Gasteiger partial charge in [0.15, 0.2) is 5.82 Å². The van der Waals surface area contributed by atoms with E-state index in [-0.39, 0.29) is 39.5 Å². The lowest BCUT2D eigenvalue weighted by molar-refractivity contribution is 0.0107. The van der Waals surface area contributed by atoms with Gasteiger partial charge in [-0.2, -0.15) is 9.97 Å². The number of terminal acetylenes is 1. The lowest BCUT2D eigenvalue weighted by Gasteiger charge is -2.44. The van der Waals surface area contributed by atoms with E-state index < -0.39 is 11.6 Å². The Balaban J connectivity index is 1.37. The highest BCUT2D eigenvalue weighted by Crippen LogP contribution is 2.40. The fourth-order valence-electron chi connectivity index (χ4n) is 7.40. The van der Waals surface area contributed by atoms with Gasteiger partial charge in [0.25, 0.3) is 0 Å². The summed E-state index contributed by atoms with van der Waals surface area (Å²) in [5.41, 5.74) is -0.00343. The molecule has 234 valence electrons. The second kappa shape index (κ2) is 11.4. The van der Waals surface area contributed by atoms with Crippen molar-refractivity contribution in [2.45, 2.75) is 52.1 Å². The summed E-state index contributed by atoms with van der Waals surface area (Å²) in [4.78, 5) is 18.6. The average molecular weight is 613 g/mol. The standard InChI is InChI=1S/C35H38F2N6O2/c1-5-25-28(36)10-7-21-13-24(44)14-26(29(21)25)31-30(37)32-27(15-38-31)33(43-16-22-8-9-23(17-43)39-22)41-34(40-32)45-19-35(4)18-42(6-2)12-11-20(35)3/h1,7,10,13-15,20,22-23,39,44H,6,8-9,11-12,16-19H2,2-4H3/t20-,22-,23+,35+/m1/s1. The van der Waals surface area contributed by atoms with E-state index >= 15 is 4.39 Å². The Morgan fingerprint density at radius 1 is 1.16 bits per heavy atom. The van der Waals surface area contributed by atoms with Crippen molar-refractivity contribution in [2.75, 3.05) is 44.2 Å². The van der Waals surface area contributed by atoms with Crippen LogP contribution < -0.4 is 15.0 Å². The van der Waals surface area contributed by atoms with Gasteiger partial charge in [0.1, 0.15) is 28.6 Å². The zero-order valence-corrected chi connectivity index (χ0v) is 25.9. The molecule has 3 aliphatic heterocycles. The molecule has 8 nitrogen and oxygen atoms in total. The number of piperazine rings is 1. The van der Waals surface area contributed by atoms with Crippen molar-refractivity contribution in [1.29, 1.82) is 0 Å². The molecule has 3 aliphatic rings. The van der Waals surface area contributed by atoms with Crippen molar-refractivity contribution in [2.24, 2.45) is 11.3 Å². The lowest BCUT2D eigenvalue weighted by Crippen LogP contribution is -2.51. The molecule has 2 aromatic carbocycles. The maximum atomic E-state index is 16.8. The van der Waals surface area contributed by atoms with Gasteiger partial charge in [-0.3, -0.25) is 4.98 Å². The highest BCUT2D eigenvalue weighted by molar-refractivity contribution is 6.03. The number of anilines is 1. The molecule has 0 aliphatic carbocycles. The van der Waals surface area contributed by atoms with Crippen LogP contribution in [0.25, 0.3) is 32.9 Å². The van der Waals surface area contributed by atoms with Gasteiger partial charge in [0.2, 0.25) is 0 Å². The molecular weight excluding hydrogens is 574 g/mol. The SMILES string of the molecule is C#Cc1c(F)ccc2cc(O)cc(-c3ncc4c(N5C[C@H]6CC[C@@H](C5)N6)nc(OC[C@]5(C)CN(CC)CC[C@H]5C)nc4c3F)c12. The smallest absolute Gasteiger partial charge is 0.319 e. The van der Waals surface area contributed by atoms with Crippen molar-refractivity contribution in [3.63, 3.8) is 0 Å². The maximum Gasteiger partial charge on any atom is 0.319 e. The fourth-order valence-corrected chi connectivity index (χ4v) is 7.40. The number of fused-ring (bicyclic) bond motifs is 4. The predicted octanol–water partition coefficient (Wildman–Crippen LogP) is 5.50. The number of hydrogen-bond acceptors (Lipinski definition) is 8. The molecule has 45 heavy (non-hydrogen) atoms. The van der Waals surface area contributed by atoms with Gasteiger partial charge in [-0.1, -0.05) is 32.8 Å². The van der Waals surface area contributed by atoms with E-state index in [1.807, 2.05) is 0 Å². The zero-order valence-electron chi connectivity index (χ0n) is 25.9. The quantitative estimate of drug-likeness (QED) is 0.276. The molecule has 5 heterocycles. The molecule has 4 aromatic rings. The Bertz CT molecular complexity index is 1830. The molecule has 4 atom stereocenters. The van der Waals surface area contributed by atoms with Crippen molar-refractivity contribution in [1.82, 2.24) is 25.2 Å². The topological polar surface area (TPSA) is 86.6 Å². The summed E-state index contributed by atoms with van der Waals surface area (Å²) in [6.45, 7) is 11.4. The van der Waals surface area contributed by atoms with E-state index in [0.29, 0.717) is 46.6 Å². The van der Waals surface area contributed by atoms with Crippen LogP contribution >= 0.6 is 0 Å². The van der Waals surface area contributed by atoms with Gasteiger partial charge < -0.3 is 25.0 Å². The normalized spacial score (nSPS) is 25.2. The van der Waals surface area contributed by atoms with Crippen LogP contribution in [0.15, 0.2) is 30.5 Å². The zero-order chi connectivity index (χ0) is 31.5. The summed E-state index contributed by atoms with van der Waals surface area (Å²) >= 11 is 0. The number of rotatable bonds is 6. The Morgan fingerprint density at radius 2 is 1.93 bits per heavy atom. The van der Waals surface area contributed by atoms with Crippen LogP contribution in [-0.4, -0.2) is 76.4 Å². The van der Waals surface area contributed by atoms with Crippen LogP contribution in [0.4, 0.5) is 14.6 Å². The number of aromatic hydroxyl groups is 1. The number of pyridine rings is 1. The molecule has 2 aromatic heterocycles. The van der Waals surface area contributed by atoms with E-state index in [1.165, 1.54) is 24.3 Å². The van der Waals surface area contributed by atoms with Crippen molar-refractivity contribution in [3.05, 3.63) is 47.7 Å². The molecule has 7 rings (SSSR count). The van der Waals surface area contributed by atoms with Crippen LogP contribution in [0.5, 0.6) is 11.8 Å². The number of phenolic OH excluding ortho intramolecular Hbond substituents is 1. The molecule has 0 amide bonds. The van der Waals surface area contributed by atoms with Crippen LogP contribution in [-0.2, 0) is 0 Å². The molecule has 0 radical (unpaired) electrons. The summed E-state index contributed by atoms with van der Waals surface area (Å²) in [5.74, 6) is 1.96. The first-order chi connectivity index (χ1) is 21.7. The number of piperidine rings is 1. The summed E-state index contributed by atoms with van der Waals surface area (Å²) in [6.07, 6.45) is 10.5. The number of ether oxygens (including phenoxy) is 1. The van der Waals surface area contributed by atoms with Crippen LogP contribution in [0, 0.1) is 35.3 Å². The van der Waals surface area contributed by atoms with E-state index in [4.69, 9.17) is 16.1 Å². The van der Waals surface area contributed by atoms with E-state index in [9.17, 15) is 9.50 Å². The second-order valence-corrected chi connectivity index (χ2v) is 13.2. The number of likely N-dealkylation sites (tertiary alicyclic amines) is 1. The van der Waals surface area contributed by atoms with E-state index in [0.717, 1.165) is 52.0 Å². The summed E-state index contributed by atoms with van der Waals surface area (Å²) in [5, 5.41) is 15.4. The lowest BCUT2D eigenvalue weighted by atomic mass is 9.74. The molecule has 0 unspecified atom stereocenters. The molecule has 2 N–H and O–H groups in total. The predicted molar refractivity (Wildman–Crippen MR) is 171 cm³/mol. The third kappa shape index (κ3) is 5.22. The van der Waals surface area contributed by atoms with Gasteiger partial charge >= 0.3 is 6.01 Å². The number of halogens is 2. The first kappa shape index (κ1) is 29.6. The van der Waals surface area contributed by atoms with Crippen molar-refractivity contribution in [3.8, 4) is 35.4 Å². The molecule has 2 bridgehead atoms. The number of benzene rings is 2. The van der Waals surface area contributed by atoms with Gasteiger partial charge in [-0.25, -0.2) is 8.78 Å². The Labute approximate surface area is 261 Å². The third-order valence-electron chi connectivity index (χ3n) is 10.2. The molecule has 0 saturated carbocycles. The highest BCUT2D eigenvalue weighted by Gasteiger charge is 2.38. The molecule has 10 heteroatoms. The minimum atomic E-state index is -0.715. The van der Waals surface area contributed by atoms with Gasteiger partial charge in [-0.15, -0.1) is 6.42 Å². The van der Waals surface area contributed by atoms with Crippen LogP contribution in [0.1, 0.15) is 45.6 Å². The maximum absolute atomic E-state index is 16.8. The van der Waals surface area contributed by atoms with Crippen LogP contribution in [0.3, 0.4) is 0 Å². The first-order valence-corrected chi connectivity index (χ1v) is 15.8. The highest BCUT2D eigenvalue weighted by atomic mass is 19.1. The summed E-state index contributed by atoms with van der Waals surface area (Å²) < 4.78 is 38.0. The molecule has 0 spiro atoms. The third-order valence-corrected chi connectivity index (χ3v) is 10.2. The Kier molecular flexibility index (Phi) is 7.49. The first-order valence-electron chi connectivity index (χ1n) is 15.8. The van der Waals surface area contributed by atoms with Crippen LogP contribution in [0.2, 0.25) is 0 Å². The van der Waals surface area contributed by atoms with E-state index in [2.05, 4.69) is 51.8 Å². The van der Waals surface area contributed by atoms with Gasteiger partial charge in [-0.05, 0) is 61.9 Å². The van der Waals surface area contributed by atoms with Gasteiger partial charge in [0, 0.05) is 54.3 Å². The Morgan fingerprint density at radius 3 is 2.67 bits per heavy atom. The van der Waals surface area contributed by atoms with Crippen molar-refractivity contribution < 1.29 is 18.6 Å². The Hall–Kier alpha value is -4.07. The fraction of sp³-hybridized carbons (Fsp3) is 0.457. The van der Waals surface area contributed by atoms with Crippen molar-refractivity contribution >= 4 is 27.5 Å². The largest absolute Gasteiger partial charge is 0.508 e. The summed E-state index contributed by atoms with van der Waals surface area (Å²) in [6, 6.07) is 6.33. The number of hydrogen-bond donors (Lipinski definition) is 2. The second-order valence-electron chi connectivity index (χ2n) is 13.2. The minimum Gasteiger partial charge on any atom is -0.508 e. The number of aromatic nitrogens is 3. The number of phenols is 1. The number of nitrogens with zero attached hydrogens (tertiary/aromatic N) is 5. The van der Waals surface area contributed by atoms with E-state index in [1.54, 1.807) is 6.20 Å². The van der Waals surface area contributed by atoms with Gasteiger partial charge in [0.05, 0.1) is 17.6 Å². The average Bonchev–Trinajstić information content (AvgIpc) is 3.38. The molecular formula is C35H38F2N6O2.